The van der Waals surface area contributed by atoms with E-state index < -0.39 is 29.3 Å². The highest BCUT2D eigenvalue weighted by molar-refractivity contribution is 6.40. The first-order valence-electron chi connectivity index (χ1n) is 13.7. The van der Waals surface area contributed by atoms with E-state index in [4.69, 9.17) is 32.9 Å². The Morgan fingerprint density at radius 1 is 1.05 bits per heavy atom. The van der Waals surface area contributed by atoms with E-state index in [1.165, 1.54) is 12.4 Å². The van der Waals surface area contributed by atoms with Crippen molar-refractivity contribution in [3.8, 4) is 0 Å². The molecule has 0 bridgehead atoms. The molecule has 1 unspecified atom stereocenters. The average Bonchev–Trinajstić information content (AvgIpc) is 2.98. The molecule has 1 aromatic carbocycles. The number of esters is 1. The minimum Gasteiger partial charge on any atom is -0.464 e. The molecule has 0 radical (unpaired) electrons. The number of hydrogen-bond donors (Lipinski definition) is 1. The van der Waals surface area contributed by atoms with Gasteiger partial charge in [0.2, 0.25) is 0 Å². The number of halogens is 2. The summed E-state index contributed by atoms with van der Waals surface area (Å²) >= 11 is 12.2. The van der Waals surface area contributed by atoms with Gasteiger partial charge in [-0.3, -0.25) is 24.5 Å². The van der Waals surface area contributed by atoms with Crippen molar-refractivity contribution >= 4 is 52.3 Å². The predicted molar refractivity (Wildman–Crippen MR) is 158 cm³/mol. The van der Waals surface area contributed by atoms with Gasteiger partial charge in [0.25, 0.3) is 5.91 Å². The third-order valence-electron chi connectivity index (χ3n) is 7.80. The number of benzene rings is 1. The van der Waals surface area contributed by atoms with E-state index >= 15 is 0 Å². The van der Waals surface area contributed by atoms with Crippen LogP contribution in [0.15, 0.2) is 66.2 Å². The maximum atomic E-state index is 13.6. The second-order valence-corrected chi connectivity index (χ2v) is 11.2. The van der Waals surface area contributed by atoms with Gasteiger partial charge in [-0.2, -0.15) is 0 Å². The van der Waals surface area contributed by atoms with Crippen LogP contribution in [0.5, 0.6) is 0 Å². The van der Waals surface area contributed by atoms with E-state index in [1.807, 2.05) is 24.3 Å². The number of nitrogens with zero attached hydrogens (tertiary/aromatic N) is 3. The van der Waals surface area contributed by atoms with Crippen molar-refractivity contribution in [2.45, 2.75) is 57.4 Å². The van der Waals surface area contributed by atoms with Gasteiger partial charge >= 0.3 is 5.97 Å². The first kappa shape index (κ1) is 28.9. The molecule has 1 amide bonds. The topological polar surface area (TPSA) is 111 Å². The smallest absolute Gasteiger partial charge is 0.331 e. The Balaban J connectivity index is 1.40. The van der Waals surface area contributed by atoms with Crippen LogP contribution in [0, 0.1) is 5.41 Å². The molecular weight excluding hydrogens is 563 g/mol. The number of hydrogen-bond acceptors (Lipinski definition) is 7. The fourth-order valence-electron chi connectivity index (χ4n) is 5.79. The Kier molecular flexibility index (Phi) is 8.80. The van der Waals surface area contributed by atoms with Crippen LogP contribution in [0.2, 0.25) is 10.0 Å². The van der Waals surface area contributed by atoms with Crippen LogP contribution in [0.25, 0.3) is 0 Å². The van der Waals surface area contributed by atoms with Gasteiger partial charge in [-0.15, -0.1) is 0 Å². The largest absolute Gasteiger partial charge is 0.464 e. The normalized spacial score (nSPS) is 19.4. The van der Waals surface area contributed by atoms with E-state index in [-0.39, 0.29) is 34.4 Å². The van der Waals surface area contributed by atoms with Crippen molar-refractivity contribution in [2.24, 2.45) is 10.4 Å². The lowest BCUT2D eigenvalue weighted by molar-refractivity contribution is -0.144. The fraction of sp³-hybridized carbons (Fsp3) is 0.355. The summed E-state index contributed by atoms with van der Waals surface area (Å²) in [6.45, 7) is 1.98. The molecule has 1 spiro atoms. The molecule has 8 nitrogen and oxygen atoms in total. The van der Waals surface area contributed by atoms with Crippen LogP contribution in [-0.2, 0) is 20.7 Å². The van der Waals surface area contributed by atoms with Crippen LogP contribution >= 0.6 is 23.2 Å². The van der Waals surface area contributed by atoms with Crippen LogP contribution in [0.4, 0.5) is 5.69 Å². The van der Waals surface area contributed by atoms with Crippen molar-refractivity contribution in [3.63, 3.8) is 0 Å². The zero-order valence-electron chi connectivity index (χ0n) is 22.6. The molecule has 2 atom stereocenters. The maximum absolute atomic E-state index is 13.6. The molecule has 2 aromatic heterocycles. The van der Waals surface area contributed by atoms with Crippen molar-refractivity contribution in [1.29, 1.82) is 0 Å². The third-order valence-corrected chi connectivity index (χ3v) is 8.37. The number of ether oxygens (including phenoxy) is 1. The second kappa shape index (κ2) is 12.5. The number of carbonyl (C=O) groups is 3. The monoisotopic (exact) mass is 592 g/mol. The standard InChI is InChI=1S/C31H30Cl2N4O4/c1-2-41-30(40)24(15-19-8-10-21(11-9-19)36-29(39)26-22(32)17-35-18-23(26)33)37-27-25(20-7-6-14-34-16-20)28(38)31(27)12-4-3-5-13-31/h6-11,14,16-18,24-25H,2-5,12-13,15H2,1H3,(H,36,39)/t24-,25?/m0/s1. The van der Waals surface area contributed by atoms with Crippen molar-refractivity contribution in [1.82, 2.24) is 9.97 Å². The summed E-state index contributed by atoms with van der Waals surface area (Å²) in [6, 6.07) is 9.99. The number of amides is 1. The molecule has 2 saturated carbocycles. The summed E-state index contributed by atoms with van der Waals surface area (Å²) in [5.74, 6) is -1.22. The number of pyridine rings is 2. The lowest BCUT2D eigenvalue weighted by Gasteiger charge is -2.50. The summed E-state index contributed by atoms with van der Waals surface area (Å²) in [7, 11) is 0. The van der Waals surface area contributed by atoms with Crippen LogP contribution in [-0.4, -0.2) is 46.0 Å². The Bertz CT molecular complexity index is 1450. The summed E-state index contributed by atoms with van der Waals surface area (Å²) in [5.41, 5.74) is 2.44. The minimum atomic E-state index is -0.814. The van der Waals surface area contributed by atoms with E-state index in [0.29, 0.717) is 5.69 Å². The van der Waals surface area contributed by atoms with Crippen LogP contribution < -0.4 is 5.32 Å². The number of nitrogens with one attached hydrogen (secondary N) is 1. The van der Waals surface area contributed by atoms with Crippen LogP contribution in [0.3, 0.4) is 0 Å². The number of aliphatic imine (C=N–C) groups is 1. The molecule has 2 aliphatic carbocycles. The molecular formula is C31H30Cl2N4O4. The highest BCUT2D eigenvalue weighted by Gasteiger charge is 2.59. The van der Waals surface area contributed by atoms with E-state index in [9.17, 15) is 14.4 Å². The zero-order chi connectivity index (χ0) is 29.0. The Morgan fingerprint density at radius 3 is 2.39 bits per heavy atom. The van der Waals surface area contributed by atoms with Gasteiger partial charge in [0, 0.05) is 42.6 Å². The minimum absolute atomic E-state index is 0.139. The van der Waals surface area contributed by atoms with Gasteiger partial charge in [-0.25, -0.2) is 4.79 Å². The number of ketones is 1. The quantitative estimate of drug-likeness (QED) is 0.309. The van der Waals surface area contributed by atoms with Crippen molar-refractivity contribution in [3.05, 3.63) is 87.9 Å². The Hall–Kier alpha value is -3.62. The van der Waals surface area contributed by atoms with Gasteiger partial charge in [0.15, 0.2) is 11.8 Å². The van der Waals surface area contributed by atoms with Gasteiger partial charge in [-0.1, -0.05) is 60.7 Å². The van der Waals surface area contributed by atoms with Gasteiger partial charge in [-0.05, 0) is 49.1 Å². The number of rotatable bonds is 8. The molecule has 0 saturated heterocycles. The molecule has 10 heteroatoms. The molecule has 3 aromatic rings. The molecule has 2 heterocycles. The highest BCUT2D eigenvalue weighted by Crippen LogP contribution is 2.53. The van der Waals surface area contributed by atoms with Gasteiger partial charge < -0.3 is 10.1 Å². The van der Waals surface area contributed by atoms with Gasteiger partial charge in [0.05, 0.1) is 33.5 Å². The van der Waals surface area contributed by atoms with E-state index in [2.05, 4.69) is 15.3 Å². The summed E-state index contributed by atoms with van der Waals surface area (Å²) in [4.78, 5) is 52.5. The first-order chi connectivity index (χ1) is 19.8. The predicted octanol–water partition coefficient (Wildman–Crippen LogP) is 6.27. The van der Waals surface area contributed by atoms with E-state index in [1.54, 1.807) is 31.5 Å². The Labute approximate surface area is 248 Å². The van der Waals surface area contributed by atoms with Gasteiger partial charge in [0.1, 0.15) is 0 Å². The molecule has 2 aliphatic rings. The van der Waals surface area contributed by atoms with Crippen LogP contribution in [0.1, 0.15) is 66.4 Å². The molecule has 2 fully saturated rings. The highest BCUT2D eigenvalue weighted by atomic mass is 35.5. The second-order valence-electron chi connectivity index (χ2n) is 10.3. The number of carbonyl (C=O) groups excluding carboxylic acids is 3. The summed E-state index contributed by atoms with van der Waals surface area (Å²) in [6.07, 6.45) is 10.9. The molecule has 5 rings (SSSR count). The average molecular weight is 594 g/mol. The Morgan fingerprint density at radius 2 is 1.76 bits per heavy atom. The number of anilines is 1. The summed E-state index contributed by atoms with van der Waals surface area (Å²) < 4.78 is 5.41. The molecule has 41 heavy (non-hydrogen) atoms. The van der Waals surface area contributed by atoms with Crippen molar-refractivity contribution < 1.29 is 19.1 Å². The fourth-order valence-corrected chi connectivity index (χ4v) is 6.33. The van der Waals surface area contributed by atoms with Crippen molar-refractivity contribution in [2.75, 3.05) is 11.9 Å². The SMILES string of the molecule is CCOC(=O)[C@H](Cc1ccc(NC(=O)c2c(Cl)cncc2Cl)cc1)N=C1C(c2cccnc2)C(=O)C12CCCCC2. The maximum Gasteiger partial charge on any atom is 0.331 e. The first-order valence-corrected chi connectivity index (χ1v) is 14.5. The third kappa shape index (κ3) is 5.90. The number of aromatic nitrogens is 2. The lowest BCUT2D eigenvalue weighted by Crippen LogP contribution is -2.58. The zero-order valence-corrected chi connectivity index (χ0v) is 24.1. The molecule has 0 aliphatic heterocycles. The molecule has 1 N–H and O–H groups in total. The summed E-state index contributed by atoms with van der Waals surface area (Å²) in [5, 5.41) is 3.08. The lowest BCUT2D eigenvalue weighted by atomic mass is 9.51. The molecule has 212 valence electrons. The number of Topliss-reactive ketones (excluding diaryl/α,β-unsaturated/α-hetero) is 1. The van der Waals surface area contributed by atoms with E-state index in [0.717, 1.165) is 48.9 Å².